The van der Waals surface area contributed by atoms with Gasteiger partial charge >= 0.3 is 0 Å². The van der Waals surface area contributed by atoms with Gasteiger partial charge in [-0.1, -0.05) is 36.0 Å². The van der Waals surface area contributed by atoms with Crippen LogP contribution in [0.4, 0.5) is 0 Å². The number of thioether (sulfide) groups is 1. The lowest BCUT2D eigenvalue weighted by Crippen LogP contribution is -2.15. The number of para-hydroxylation sites is 1. The van der Waals surface area contributed by atoms with Gasteiger partial charge in [-0.25, -0.2) is 0 Å². The van der Waals surface area contributed by atoms with Crippen molar-refractivity contribution in [1.82, 2.24) is 25.2 Å². The Morgan fingerprint density at radius 3 is 2.79 bits per heavy atom. The number of aryl methyl sites for hydroxylation is 2. The second kappa shape index (κ2) is 7.71. The van der Waals surface area contributed by atoms with Crippen molar-refractivity contribution in [1.29, 1.82) is 0 Å². The molecule has 0 aliphatic carbocycles. The van der Waals surface area contributed by atoms with Crippen LogP contribution in [0, 0.1) is 13.8 Å². The molecule has 0 fully saturated rings. The topological polar surface area (TPSA) is 85.7 Å². The van der Waals surface area contributed by atoms with Crippen molar-refractivity contribution in [3.8, 4) is 11.4 Å². The van der Waals surface area contributed by atoms with Crippen LogP contribution in [0.5, 0.6) is 5.75 Å². The van der Waals surface area contributed by atoms with Gasteiger partial charge in [0.25, 0.3) is 0 Å². The number of ether oxygens (including phenoxy) is 1. The Hall–Kier alpha value is -3.13. The van der Waals surface area contributed by atoms with Crippen molar-refractivity contribution < 1.29 is 9.53 Å². The molecule has 0 saturated heterocycles. The highest BCUT2D eigenvalue weighted by Crippen LogP contribution is 2.31. The van der Waals surface area contributed by atoms with Crippen LogP contribution in [0.3, 0.4) is 0 Å². The third kappa shape index (κ3) is 3.51. The predicted octanol–water partition coefficient (Wildman–Crippen LogP) is 4.13. The number of nitrogens with zero attached hydrogens (tertiary/aromatic N) is 4. The van der Waals surface area contributed by atoms with E-state index >= 15 is 0 Å². The third-order valence-corrected chi connectivity index (χ3v) is 5.83. The number of tetrazole rings is 1. The standard InChI is InChI=1S/C21H21N5O2S/c1-12-9-10-18(28-4)17(11-12)26-21(23-24-25-26)29-14(3)20(27)19-13(2)22-16-8-6-5-7-15(16)19/h5-11,14,22H,1-4H3/t14-/m1/s1. The van der Waals surface area contributed by atoms with E-state index in [4.69, 9.17) is 4.74 Å². The van der Waals surface area contributed by atoms with Gasteiger partial charge < -0.3 is 9.72 Å². The molecule has 0 radical (unpaired) electrons. The summed E-state index contributed by atoms with van der Waals surface area (Å²) in [6.07, 6.45) is 0. The fourth-order valence-electron chi connectivity index (χ4n) is 3.38. The summed E-state index contributed by atoms with van der Waals surface area (Å²) in [6.45, 7) is 5.79. The zero-order valence-corrected chi connectivity index (χ0v) is 17.4. The molecule has 7 nitrogen and oxygen atoms in total. The first-order valence-corrected chi connectivity index (χ1v) is 10.1. The minimum Gasteiger partial charge on any atom is -0.494 e. The Morgan fingerprint density at radius 1 is 1.21 bits per heavy atom. The molecular formula is C21H21N5O2S. The minimum absolute atomic E-state index is 0.0377. The van der Waals surface area contributed by atoms with Gasteiger partial charge in [-0.15, -0.1) is 5.10 Å². The maximum absolute atomic E-state index is 13.2. The number of aromatic amines is 1. The molecule has 0 amide bonds. The van der Waals surface area contributed by atoms with Crippen molar-refractivity contribution in [2.45, 2.75) is 31.2 Å². The first kappa shape index (κ1) is 19.2. The molecule has 29 heavy (non-hydrogen) atoms. The van der Waals surface area contributed by atoms with E-state index in [1.54, 1.807) is 11.8 Å². The molecule has 2 heterocycles. The normalized spacial score (nSPS) is 12.3. The molecule has 2 aromatic heterocycles. The Balaban J connectivity index is 1.66. The molecule has 4 rings (SSSR count). The van der Waals surface area contributed by atoms with Crippen LogP contribution in [-0.4, -0.2) is 43.3 Å². The highest BCUT2D eigenvalue weighted by atomic mass is 32.2. The maximum Gasteiger partial charge on any atom is 0.214 e. The van der Waals surface area contributed by atoms with Crippen molar-refractivity contribution >= 4 is 28.4 Å². The lowest BCUT2D eigenvalue weighted by molar-refractivity contribution is 0.0995. The summed E-state index contributed by atoms with van der Waals surface area (Å²) < 4.78 is 7.07. The van der Waals surface area contributed by atoms with E-state index in [1.807, 2.05) is 63.2 Å². The van der Waals surface area contributed by atoms with E-state index in [9.17, 15) is 4.79 Å². The van der Waals surface area contributed by atoms with E-state index in [0.717, 1.165) is 27.8 Å². The van der Waals surface area contributed by atoms with Gasteiger partial charge in [-0.2, -0.15) is 4.68 Å². The molecule has 0 unspecified atom stereocenters. The number of H-pyrrole nitrogens is 1. The van der Waals surface area contributed by atoms with E-state index in [-0.39, 0.29) is 11.0 Å². The number of carbonyl (C=O) groups excluding carboxylic acids is 1. The van der Waals surface area contributed by atoms with Crippen LogP contribution < -0.4 is 4.74 Å². The highest BCUT2D eigenvalue weighted by Gasteiger charge is 2.25. The van der Waals surface area contributed by atoms with Gasteiger partial charge in [-0.3, -0.25) is 4.79 Å². The SMILES string of the molecule is COc1ccc(C)cc1-n1nnnc1S[C@H](C)C(=O)c1c(C)[nH]c2ccccc12. The average Bonchev–Trinajstić information content (AvgIpc) is 3.30. The first-order chi connectivity index (χ1) is 14.0. The molecule has 2 aromatic carbocycles. The number of Topliss-reactive ketones (excluding diaryl/α,β-unsaturated/α-hetero) is 1. The Labute approximate surface area is 172 Å². The van der Waals surface area contributed by atoms with Crippen LogP contribution in [0.1, 0.15) is 28.5 Å². The number of hydrogen-bond acceptors (Lipinski definition) is 6. The van der Waals surface area contributed by atoms with Crippen LogP contribution in [-0.2, 0) is 0 Å². The van der Waals surface area contributed by atoms with Gasteiger partial charge in [0.05, 0.1) is 12.4 Å². The zero-order valence-electron chi connectivity index (χ0n) is 16.6. The molecule has 0 spiro atoms. The molecule has 8 heteroatoms. The number of benzene rings is 2. The lowest BCUT2D eigenvalue weighted by atomic mass is 10.1. The summed E-state index contributed by atoms with van der Waals surface area (Å²) >= 11 is 1.33. The maximum atomic E-state index is 13.2. The number of methoxy groups -OCH3 is 1. The van der Waals surface area contributed by atoms with E-state index < -0.39 is 0 Å². The Morgan fingerprint density at radius 2 is 2.00 bits per heavy atom. The molecule has 0 aliphatic heterocycles. The second-order valence-electron chi connectivity index (χ2n) is 6.84. The zero-order chi connectivity index (χ0) is 20.5. The van der Waals surface area contributed by atoms with E-state index in [1.165, 1.54) is 11.8 Å². The third-order valence-electron chi connectivity index (χ3n) is 4.79. The molecular weight excluding hydrogens is 386 g/mol. The highest BCUT2D eigenvalue weighted by molar-refractivity contribution is 8.00. The largest absolute Gasteiger partial charge is 0.494 e. The van der Waals surface area contributed by atoms with Crippen LogP contribution in [0.2, 0.25) is 0 Å². The van der Waals surface area contributed by atoms with Gasteiger partial charge in [0, 0.05) is 22.2 Å². The van der Waals surface area contributed by atoms with Crippen molar-refractivity contribution in [3.63, 3.8) is 0 Å². The van der Waals surface area contributed by atoms with Gasteiger partial charge in [0.1, 0.15) is 11.4 Å². The van der Waals surface area contributed by atoms with Crippen LogP contribution >= 0.6 is 11.8 Å². The molecule has 1 atom stereocenters. The summed E-state index contributed by atoms with van der Waals surface area (Å²) in [6, 6.07) is 13.6. The molecule has 148 valence electrons. The molecule has 1 N–H and O–H groups in total. The number of aromatic nitrogens is 5. The number of carbonyl (C=O) groups is 1. The Kier molecular flexibility index (Phi) is 5.10. The monoisotopic (exact) mass is 407 g/mol. The summed E-state index contributed by atoms with van der Waals surface area (Å²) in [5.41, 5.74) is 4.34. The van der Waals surface area contributed by atoms with Crippen molar-refractivity contribution in [2.24, 2.45) is 0 Å². The molecule has 0 saturated carbocycles. The first-order valence-electron chi connectivity index (χ1n) is 9.21. The van der Waals surface area contributed by atoms with Crippen molar-refractivity contribution in [3.05, 3.63) is 59.3 Å². The number of hydrogen-bond donors (Lipinski definition) is 1. The van der Waals surface area contributed by atoms with E-state index in [2.05, 4.69) is 20.5 Å². The Bertz CT molecular complexity index is 1200. The number of fused-ring (bicyclic) bond motifs is 1. The summed E-state index contributed by atoms with van der Waals surface area (Å²) in [5.74, 6) is 0.701. The number of nitrogens with one attached hydrogen (secondary N) is 1. The fraction of sp³-hybridized carbons (Fsp3) is 0.238. The smallest absolute Gasteiger partial charge is 0.214 e. The summed E-state index contributed by atoms with van der Waals surface area (Å²) in [4.78, 5) is 16.5. The number of ketones is 1. The quantitative estimate of drug-likeness (QED) is 0.382. The molecule has 0 bridgehead atoms. The van der Waals surface area contributed by atoms with Crippen LogP contribution in [0.15, 0.2) is 47.6 Å². The molecule has 4 aromatic rings. The lowest BCUT2D eigenvalue weighted by Gasteiger charge is -2.13. The van der Waals surface area contributed by atoms with Crippen LogP contribution in [0.25, 0.3) is 16.6 Å². The molecule has 0 aliphatic rings. The average molecular weight is 407 g/mol. The van der Waals surface area contributed by atoms with Gasteiger partial charge in [-0.05, 0) is 55.0 Å². The van der Waals surface area contributed by atoms with Gasteiger partial charge in [0.15, 0.2) is 5.78 Å². The fourth-order valence-corrected chi connectivity index (χ4v) is 4.24. The van der Waals surface area contributed by atoms with Crippen molar-refractivity contribution in [2.75, 3.05) is 7.11 Å². The summed E-state index contributed by atoms with van der Waals surface area (Å²) in [7, 11) is 1.61. The van der Waals surface area contributed by atoms with E-state index in [0.29, 0.717) is 16.5 Å². The summed E-state index contributed by atoms with van der Waals surface area (Å²) in [5, 5.41) is 13.2. The second-order valence-corrected chi connectivity index (χ2v) is 8.15. The minimum atomic E-state index is -0.367. The van der Waals surface area contributed by atoms with Gasteiger partial charge in [0.2, 0.25) is 5.16 Å². The number of rotatable bonds is 6. The predicted molar refractivity (Wildman–Crippen MR) is 113 cm³/mol.